The van der Waals surface area contributed by atoms with Crippen LogP contribution in [0.2, 0.25) is 0 Å². The van der Waals surface area contributed by atoms with Crippen molar-refractivity contribution in [2.24, 2.45) is 5.73 Å². The predicted molar refractivity (Wildman–Crippen MR) is 101 cm³/mol. The first-order valence-electron chi connectivity index (χ1n) is 8.06. The molecular weight excluding hydrogens is 402 g/mol. The molecule has 0 radical (unpaired) electrons. The van der Waals surface area contributed by atoms with Gasteiger partial charge < -0.3 is 15.8 Å². The van der Waals surface area contributed by atoms with Crippen molar-refractivity contribution in [3.05, 3.63) is 16.3 Å². The van der Waals surface area contributed by atoms with Gasteiger partial charge in [-0.1, -0.05) is 6.42 Å². The Bertz CT molecular complexity index is 723. The number of hydrogen-bond donors (Lipinski definition) is 2. The first-order chi connectivity index (χ1) is 11.9. The molecule has 1 aromatic heterocycles. The number of sulfonamides is 1. The third-order valence-corrected chi connectivity index (χ3v) is 7.08. The molecule has 0 aliphatic carbocycles. The number of piperidine rings is 1. The Kier molecular flexibility index (Phi) is 8.97. The van der Waals surface area contributed by atoms with Crippen LogP contribution in [0.15, 0.2) is 16.3 Å². The van der Waals surface area contributed by atoms with E-state index in [1.807, 2.05) is 0 Å². The summed E-state index contributed by atoms with van der Waals surface area (Å²) in [5.41, 5.74) is 5.35. The van der Waals surface area contributed by atoms with E-state index in [0.29, 0.717) is 13.0 Å². The highest BCUT2D eigenvalue weighted by Gasteiger charge is 2.36. The van der Waals surface area contributed by atoms with Gasteiger partial charge in [0.25, 0.3) is 0 Å². The average molecular weight is 426 g/mol. The van der Waals surface area contributed by atoms with Crippen LogP contribution in [-0.4, -0.2) is 57.4 Å². The third kappa shape index (κ3) is 5.17. The molecule has 11 heteroatoms. The molecule has 2 heterocycles. The largest absolute Gasteiger partial charge is 0.465 e. The van der Waals surface area contributed by atoms with Crippen molar-refractivity contribution in [1.82, 2.24) is 9.62 Å². The fourth-order valence-electron chi connectivity index (χ4n) is 2.81. The number of hydrogen-bond acceptors (Lipinski definition) is 7. The van der Waals surface area contributed by atoms with Crippen LogP contribution >= 0.6 is 23.7 Å². The summed E-state index contributed by atoms with van der Waals surface area (Å²) in [5.74, 6) is -0.866. The topological polar surface area (TPSA) is 119 Å². The maximum absolute atomic E-state index is 13.1. The van der Waals surface area contributed by atoms with Gasteiger partial charge in [-0.05, 0) is 24.3 Å². The number of thiophene rings is 1. The molecule has 0 saturated carbocycles. The van der Waals surface area contributed by atoms with Crippen LogP contribution in [0.3, 0.4) is 0 Å². The Labute approximate surface area is 163 Å². The molecule has 1 aliphatic heterocycles. The van der Waals surface area contributed by atoms with E-state index in [9.17, 15) is 18.0 Å². The van der Waals surface area contributed by atoms with Crippen LogP contribution in [0.1, 0.15) is 35.4 Å². The molecule has 1 unspecified atom stereocenters. The number of carbonyl (C=O) groups is 2. The fourth-order valence-corrected chi connectivity index (χ4v) is 5.82. The van der Waals surface area contributed by atoms with E-state index in [0.717, 1.165) is 24.2 Å². The molecule has 0 aromatic carbocycles. The van der Waals surface area contributed by atoms with Gasteiger partial charge in [0, 0.05) is 32.1 Å². The number of carbonyl (C=O) groups excluding carboxylic acids is 2. The summed E-state index contributed by atoms with van der Waals surface area (Å²) in [5, 5.41) is 4.29. The quantitative estimate of drug-likeness (QED) is 0.628. The maximum atomic E-state index is 13.1. The molecule has 0 spiro atoms. The van der Waals surface area contributed by atoms with Crippen molar-refractivity contribution < 1.29 is 22.7 Å². The van der Waals surface area contributed by atoms with Gasteiger partial charge in [0.2, 0.25) is 15.9 Å². The van der Waals surface area contributed by atoms with Crippen molar-refractivity contribution in [2.45, 2.75) is 36.6 Å². The monoisotopic (exact) mass is 425 g/mol. The van der Waals surface area contributed by atoms with Crippen LogP contribution in [0, 0.1) is 0 Å². The number of nitrogens with zero attached hydrogens (tertiary/aromatic N) is 1. The zero-order valence-corrected chi connectivity index (χ0v) is 16.9. The molecule has 1 fully saturated rings. The highest BCUT2D eigenvalue weighted by molar-refractivity contribution is 7.89. The first kappa shape index (κ1) is 22.8. The number of rotatable bonds is 7. The number of amides is 1. The van der Waals surface area contributed by atoms with E-state index in [-0.39, 0.29) is 53.6 Å². The van der Waals surface area contributed by atoms with Crippen LogP contribution in [0.4, 0.5) is 0 Å². The SMILES string of the molecule is COC(=O)c1sccc1S(=O)(=O)N1CCCCC1CNC(=O)CCN.Cl. The summed E-state index contributed by atoms with van der Waals surface area (Å²) in [6.07, 6.45) is 2.48. The molecule has 1 atom stereocenters. The molecule has 1 amide bonds. The number of ether oxygens (including phenoxy) is 1. The summed E-state index contributed by atoms with van der Waals surface area (Å²) in [7, 11) is -2.63. The summed E-state index contributed by atoms with van der Waals surface area (Å²) in [6.45, 7) is 0.835. The van der Waals surface area contributed by atoms with E-state index in [4.69, 9.17) is 5.73 Å². The van der Waals surface area contributed by atoms with Gasteiger partial charge in [-0.15, -0.1) is 23.7 Å². The Morgan fingerprint density at radius 3 is 2.81 bits per heavy atom. The van der Waals surface area contributed by atoms with Crippen molar-refractivity contribution in [3.63, 3.8) is 0 Å². The predicted octanol–water partition coefficient (Wildman–Crippen LogP) is 0.965. The van der Waals surface area contributed by atoms with Gasteiger partial charge in [-0.2, -0.15) is 4.31 Å². The van der Waals surface area contributed by atoms with Gasteiger partial charge in [0.15, 0.2) is 0 Å². The third-order valence-electron chi connectivity index (χ3n) is 4.07. The second kappa shape index (κ2) is 10.2. The second-order valence-electron chi connectivity index (χ2n) is 5.71. The van der Waals surface area contributed by atoms with Crippen molar-refractivity contribution in [2.75, 3.05) is 26.7 Å². The lowest BCUT2D eigenvalue weighted by atomic mass is 10.1. The minimum absolute atomic E-state index is 0. The Morgan fingerprint density at radius 2 is 2.15 bits per heavy atom. The molecule has 0 bridgehead atoms. The standard InChI is InChI=1S/C15H23N3O5S2.ClH/c1-23-15(20)14-12(6-9-24-14)25(21,22)18-8-3-2-4-11(18)10-17-13(19)5-7-16;/h6,9,11H,2-5,7-8,10,16H2,1H3,(H,17,19);1H. The number of nitrogens with two attached hydrogens (primary N) is 1. The minimum atomic E-state index is -3.85. The van der Waals surface area contributed by atoms with Crippen LogP contribution in [-0.2, 0) is 19.6 Å². The lowest BCUT2D eigenvalue weighted by Crippen LogP contribution is -2.49. The lowest BCUT2D eigenvalue weighted by Gasteiger charge is -2.34. The van der Waals surface area contributed by atoms with Gasteiger partial charge >= 0.3 is 5.97 Å². The van der Waals surface area contributed by atoms with Gasteiger partial charge in [-0.25, -0.2) is 13.2 Å². The lowest BCUT2D eigenvalue weighted by molar-refractivity contribution is -0.121. The molecule has 3 N–H and O–H groups in total. The van der Waals surface area contributed by atoms with Gasteiger partial charge in [0.05, 0.1) is 7.11 Å². The molecule has 26 heavy (non-hydrogen) atoms. The van der Waals surface area contributed by atoms with Crippen molar-refractivity contribution in [1.29, 1.82) is 0 Å². The van der Waals surface area contributed by atoms with Gasteiger partial charge in [-0.3, -0.25) is 4.79 Å². The van der Waals surface area contributed by atoms with E-state index >= 15 is 0 Å². The van der Waals surface area contributed by atoms with Crippen LogP contribution in [0.5, 0.6) is 0 Å². The highest BCUT2D eigenvalue weighted by atomic mass is 35.5. The van der Waals surface area contributed by atoms with Crippen molar-refractivity contribution >= 4 is 45.6 Å². The summed E-state index contributed by atoms with van der Waals surface area (Å²) < 4.78 is 32.2. The Morgan fingerprint density at radius 1 is 1.42 bits per heavy atom. The molecule has 1 saturated heterocycles. The smallest absolute Gasteiger partial charge is 0.349 e. The Balaban J connectivity index is 0.00000338. The maximum Gasteiger partial charge on any atom is 0.349 e. The highest BCUT2D eigenvalue weighted by Crippen LogP contribution is 2.30. The summed E-state index contributed by atoms with van der Waals surface area (Å²) in [6, 6.07) is 1.08. The van der Waals surface area contributed by atoms with Crippen LogP contribution in [0.25, 0.3) is 0 Å². The molecule has 8 nitrogen and oxygen atoms in total. The summed E-state index contributed by atoms with van der Waals surface area (Å²) in [4.78, 5) is 23.5. The molecule has 2 rings (SSSR count). The zero-order chi connectivity index (χ0) is 18.4. The van der Waals surface area contributed by atoms with E-state index < -0.39 is 16.0 Å². The average Bonchev–Trinajstić information content (AvgIpc) is 3.10. The zero-order valence-electron chi connectivity index (χ0n) is 14.5. The second-order valence-corrected chi connectivity index (χ2v) is 8.49. The van der Waals surface area contributed by atoms with Crippen molar-refractivity contribution in [3.8, 4) is 0 Å². The van der Waals surface area contributed by atoms with E-state index in [2.05, 4.69) is 10.1 Å². The van der Waals surface area contributed by atoms with E-state index in [1.165, 1.54) is 17.5 Å². The fraction of sp³-hybridized carbons (Fsp3) is 0.600. The number of halogens is 1. The van der Waals surface area contributed by atoms with E-state index in [1.54, 1.807) is 5.38 Å². The first-order valence-corrected chi connectivity index (χ1v) is 10.4. The van der Waals surface area contributed by atoms with Crippen LogP contribution < -0.4 is 11.1 Å². The molecule has 1 aliphatic rings. The number of esters is 1. The van der Waals surface area contributed by atoms with Gasteiger partial charge in [0.1, 0.15) is 9.77 Å². The minimum Gasteiger partial charge on any atom is -0.465 e. The Hall–Kier alpha value is -1.20. The normalized spacial score (nSPS) is 18.0. The number of methoxy groups -OCH3 is 1. The molecule has 148 valence electrons. The molecule has 1 aromatic rings. The number of nitrogens with one attached hydrogen (secondary N) is 1. The summed E-state index contributed by atoms with van der Waals surface area (Å²) >= 11 is 1.04. The molecular formula is C15H24ClN3O5S2.